The lowest BCUT2D eigenvalue weighted by molar-refractivity contribution is -0.155. The summed E-state index contributed by atoms with van der Waals surface area (Å²) >= 11 is 2.58. The normalized spacial score (nSPS) is 43.8. The smallest absolute Gasteiger partial charge is 0.256 e. The van der Waals surface area contributed by atoms with Gasteiger partial charge in [-0.1, -0.05) is 61.5 Å². The van der Waals surface area contributed by atoms with Crippen LogP contribution in [0.4, 0.5) is 0 Å². The fourth-order valence-electron chi connectivity index (χ4n) is 8.32. The number of rotatable bonds is 7. The van der Waals surface area contributed by atoms with Crippen LogP contribution in [0.15, 0.2) is 12.7 Å². The van der Waals surface area contributed by atoms with Crippen LogP contribution in [0.1, 0.15) is 58.3 Å². The van der Waals surface area contributed by atoms with E-state index in [1.807, 2.05) is 13.2 Å². The first-order valence-electron chi connectivity index (χ1n) is 13.1. The number of fused-ring (bicyclic) bond motifs is 2. The molecule has 7 atom stereocenters. The number of alkyl halides is 1. The molecule has 2 aliphatic carbocycles. The predicted molar refractivity (Wildman–Crippen MR) is 144 cm³/mol. The number of hydrogen-bond donors (Lipinski definition) is 1. The average Bonchev–Trinajstić information content (AvgIpc) is 3.21. The van der Waals surface area contributed by atoms with E-state index in [0.717, 1.165) is 31.2 Å². The summed E-state index contributed by atoms with van der Waals surface area (Å²) in [5.41, 5.74) is 0.379. The van der Waals surface area contributed by atoms with Crippen molar-refractivity contribution >= 4 is 36.6 Å². The molecule has 2 heterocycles. The molecule has 2 aliphatic heterocycles. The number of aliphatic hydroxyl groups excluding tert-OH is 1. The molecule has 33 heavy (non-hydrogen) atoms. The Morgan fingerprint density at radius 3 is 2.58 bits per heavy atom. The van der Waals surface area contributed by atoms with Crippen molar-refractivity contribution in [1.82, 2.24) is 4.90 Å². The molecule has 5 nitrogen and oxygen atoms in total. The Balaban J connectivity index is 1.69. The zero-order chi connectivity index (χ0) is 24.0. The van der Waals surface area contributed by atoms with E-state index in [9.17, 15) is 9.90 Å². The third kappa shape index (κ3) is 4.29. The van der Waals surface area contributed by atoms with Crippen LogP contribution >= 0.6 is 22.6 Å². The highest BCUT2D eigenvalue weighted by molar-refractivity contribution is 14.1. The Hall–Kier alpha value is 0.0369. The molecule has 3 unspecified atom stereocenters. The van der Waals surface area contributed by atoms with Crippen LogP contribution < -0.4 is 0 Å². The first kappa shape index (κ1) is 26.1. The number of halogens is 1. The Kier molecular flexibility index (Phi) is 8.06. The van der Waals surface area contributed by atoms with Gasteiger partial charge in [0.2, 0.25) is 0 Å². The van der Waals surface area contributed by atoms with Crippen LogP contribution in [0.3, 0.4) is 0 Å². The number of carbonyl (C=O) groups excluding carboxylic acids is 1. The fraction of sp³-hybridized carbons (Fsp3) is 0.885. The predicted octanol–water partition coefficient (Wildman–Crippen LogP) is 5.18. The lowest BCUT2D eigenvalue weighted by atomic mass is 9.71. The van der Waals surface area contributed by atoms with E-state index in [0.29, 0.717) is 28.5 Å². The van der Waals surface area contributed by atoms with Crippen LogP contribution in [0, 0.1) is 11.8 Å². The maximum atomic E-state index is 14.2. The molecule has 0 aromatic carbocycles. The van der Waals surface area contributed by atoms with Crippen molar-refractivity contribution in [1.29, 1.82) is 0 Å². The molecule has 1 N–H and O–H groups in total. The Labute approximate surface area is 215 Å². The van der Waals surface area contributed by atoms with Gasteiger partial charge in [-0.15, -0.1) is 6.58 Å². The number of methoxy groups -OCH3 is 1. The van der Waals surface area contributed by atoms with E-state index >= 15 is 0 Å². The van der Waals surface area contributed by atoms with Crippen molar-refractivity contribution in [3.8, 4) is 0 Å². The Morgan fingerprint density at radius 1 is 1.27 bits per heavy atom. The van der Waals surface area contributed by atoms with Crippen LogP contribution in [-0.4, -0.2) is 72.0 Å². The van der Waals surface area contributed by atoms with E-state index in [4.69, 9.17) is 9.47 Å². The average molecular weight is 590 g/mol. The lowest BCUT2D eigenvalue weighted by Gasteiger charge is -2.45. The quantitative estimate of drug-likeness (QED) is 0.193. The largest absolute Gasteiger partial charge is 0.396 e. The molecule has 4 rings (SSSR count). The van der Waals surface area contributed by atoms with E-state index in [1.165, 1.54) is 19.3 Å². The number of nitrogens with zero attached hydrogens (tertiary/aromatic N) is 1. The van der Waals surface area contributed by atoms with Crippen LogP contribution in [0.5, 0.6) is 0 Å². The molecule has 0 aromatic heterocycles. The summed E-state index contributed by atoms with van der Waals surface area (Å²) in [5, 5.41) is 9.99. The third-order valence-electron chi connectivity index (χ3n) is 9.92. The third-order valence-corrected chi connectivity index (χ3v) is 16.3. The molecule has 0 aromatic rings. The standard InChI is InChI=1S/C26H44INO4Si/c1-6-14-28-22-12-7-18(27)16-21(22)26(25(28)30)17(2)24(23(32-26)13-15-29)33(4,5)20-10-8-19(31-3)9-11-20/h6,17-24,29H,1,7-16H2,2-5H3/t17-,18?,19?,20?,21?,22?,23+,24-,26+/m1/s1. The highest BCUT2D eigenvalue weighted by atomic mass is 127. The van der Waals surface area contributed by atoms with Gasteiger partial charge in [-0.25, -0.2) is 0 Å². The molecule has 188 valence electrons. The lowest BCUT2D eigenvalue weighted by Crippen LogP contribution is -2.51. The molecule has 2 saturated heterocycles. The van der Waals surface area contributed by atoms with Gasteiger partial charge in [0.1, 0.15) is 0 Å². The first-order chi connectivity index (χ1) is 15.7. The highest BCUT2D eigenvalue weighted by Crippen LogP contribution is 2.62. The highest BCUT2D eigenvalue weighted by Gasteiger charge is 2.70. The molecular formula is C26H44INO4Si. The van der Waals surface area contributed by atoms with Crippen LogP contribution in [0.25, 0.3) is 0 Å². The zero-order valence-corrected chi connectivity index (χ0v) is 24.1. The summed E-state index contributed by atoms with van der Waals surface area (Å²) in [6, 6.07) is 0.263. The second kappa shape index (κ2) is 10.2. The van der Waals surface area contributed by atoms with Crippen molar-refractivity contribution in [2.45, 2.75) is 110 Å². The summed E-state index contributed by atoms with van der Waals surface area (Å²) < 4.78 is 13.3. The molecular weight excluding hydrogens is 545 g/mol. The topological polar surface area (TPSA) is 59.0 Å². The molecule has 4 fully saturated rings. The van der Waals surface area contributed by atoms with Crippen molar-refractivity contribution < 1.29 is 19.4 Å². The van der Waals surface area contributed by atoms with Gasteiger partial charge in [0.25, 0.3) is 5.91 Å². The van der Waals surface area contributed by atoms with Crippen LogP contribution in [-0.2, 0) is 14.3 Å². The molecule has 2 saturated carbocycles. The van der Waals surface area contributed by atoms with Crippen LogP contribution in [0.2, 0.25) is 24.2 Å². The van der Waals surface area contributed by atoms with E-state index < -0.39 is 13.7 Å². The van der Waals surface area contributed by atoms with Gasteiger partial charge in [0.15, 0.2) is 5.60 Å². The van der Waals surface area contributed by atoms with E-state index in [1.54, 1.807) is 0 Å². The van der Waals surface area contributed by atoms with Crippen molar-refractivity contribution in [2.75, 3.05) is 20.3 Å². The minimum atomic E-state index is -1.80. The number of likely N-dealkylation sites (tertiary alicyclic amines) is 1. The number of ether oxygens (including phenoxy) is 2. The second-order valence-electron chi connectivity index (χ2n) is 11.6. The number of hydrogen-bond acceptors (Lipinski definition) is 4. The monoisotopic (exact) mass is 589 g/mol. The molecule has 0 radical (unpaired) electrons. The molecule has 0 bridgehead atoms. The first-order valence-corrected chi connectivity index (χ1v) is 17.5. The van der Waals surface area contributed by atoms with Gasteiger partial charge in [0, 0.05) is 36.1 Å². The van der Waals surface area contributed by atoms with Gasteiger partial charge in [-0.2, -0.15) is 0 Å². The molecule has 1 amide bonds. The molecule has 1 spiro atoms. The van der Waals surface area contributed by atoms with Gasteiger partial charge in [0.05, 0.1) is 20.3 Å². The number of amides is 1. The SMILES string of the molecule is C=CCN1C(=O)[C@@]2(O[C@@H](CCO)[C@H]([Si](C)(C)C3CCC(OC)CC3)[C@H]2C)C2CC(I)CCC21. The summed E-state index contributed by atoms with van der Waals surface area (Å²) in [7, 11) is 0.0396. The number of aliphatic hydroxyl groups is 1. The Morgan fingerprint density at radius 2 is 1.97 bits per heavy atom. The maximum Gasteiger partial charge on any atom is 0.256 e. The minimum absolute atomic E-state index is 0.0188. The summed E-state index contributed by atoms with van der Waals surface area (Å²) in [6.07, 6.45) is 10.9. The minimum Gasteiger partial charge on any atom is -0.396 e. The van der Waals surface area contributed by atoms with Gasteiger partial charge >= 0.3 is 0 Å². The number of carbonyl (C=O) groups is 1. The summed E-state index contributed by atoms with van der Waals surface area (Å²) in [4.78, 5) is 16.3. The van der Waals surface area contributed by atoms with E-state index in [-0.39, 0.29) is 36.5 Å². The van der Waals surface area contributed by atoms with Gasteiger partial charge in [-0.3, -0.25) is 4.79 Å². The van der Waals surface area contributed by atoms with Crippen molar-refractivity contribution in [3.63, 3.8) is 0 Å². The zero-order valence-electron chi connectivity index (χ0n) is 21.0. The van der Waals surface area contributed by atoms with Gasteiger partial charge < -0.3 is 19.5 Å². The van der Waals surface area contributed by atoms with Crippen molar-refractivity contribution in [2.24, 2.45) is 11.8 Å². The van der Waals surface area contributed by atoms with Crippen molar-refractivity contribution in [3.05, 3.63) is 12.7 Å². The molecule has 7 heteroatoms. The summed E-state index contributed by atoms with van der Waals surface area (Å²) in [5.74, 6) is 0.636. The summed E-state index contributed by atoms with van der Waals surface area (Å²) in [6.45, 7) is 12.1. The Bertz CT molecular complexity index is 727. The maximum absolute atomic E-state index is 14.2. The van der Waals surface area contributed by atoms with Gasteiger partial charge in [-0.05, 0) is 55.5 Å². The molecule has 4 aliphatic rings. The van der Waals surface area contributed by atoms with E-state index in [2.05, 4.69) is 54.1 Å². The second-order valence-corrected chi connectivity index (χ2v) is 18.5. The fourth-order valence-corrected chi connectivity index (χ4v) is 14.3.